The highest BCUT2D eigenvalue weighted by Gasteiger charge is 2.42. The van der Waals surface area contributed by atoms with Crippen LogP contribution < -0.4 is 0 Å². The molecule has 1 aliphatic carbocycles. The molecule has 3 fully saturated rings. The molecular formula is C19H29N3O2. The summed E-state index contributed by atoms with van der Waals surface area (Å²) in [6, 6.07) is 1.59. The van der Waals surface area contributed by atoms with Gasteiger partial charge in [0.2, 0.25) is 5.91 Å². The third kappa shape index (κ3) is 3.10. The number of hydrogen-bond donors (Lipinski definition) is 0. The third-order valence-electron chi connectivity index (χ3n) is 6.25. The summed E-state index contributed by atoms with van der Waals surface area (Å²) in [5.41, 5.74) is 2.03. The van der Waals surface area contributed by atoms with Crippen LogP contribution in [0.3, 0.4) is 0 Å². The van der Waals surface area contributed by atoms with Crippen molar-refractivity contribution in [2.45, 2.75) is 70.9 Å². The monoisotopic (exact) mass is 331 g/mol. The molecule has 0 unspecified atom stereocenters. The summed E-state index contributed by atoms with van der Waals surface area (Å²) in [5, 5.41) is 3.99. The molecule has 0 radical (unpaired) electrons. The fourth-order valence-electron chi connectivity index (χ4n) is 4.78. The first kappa shape index (κ1) is 16.1. The van der Waals surface area contributed by atoms with Crippen LogP contribution in [-0.2, 0) is 11.2 Å². The van der Waals surface area contributed by atoms with Crippen LogP contribution in [0.25, 0.3) is 0 Å². The Morgan fingerprint density at radius 3 is 2.75 bits per heavy atom. The molecule has 3 heterocycles. The molecule has 1 amide bonds. The number of aromatic nitrogens is 1. The minimum atomic E-state index is 0.303. The number of piperidine rings is 2. The first-order chi connectivity index (χ1) is 11.6. The summed E-state index contributed by atoms with van der Waals surface area (Å²) in [6.07, 6.45) is 7.87. The molecule has 24 heavy (non-hydrogen) atoms. The van der Waals surface area contributed by atoms with Gasteiger partial charge >= 0.3 is 0 Å². The zero-order valence-electron chi connectivity index (χ0n) is 15.0. The van der Waals surface area contributed by atoms with Gasteiger partial charge in [0.1, 0.15) is 5.76 Å². The lowest BCUT2D eigenvalue weighted by atomic mass is 9.83. The molecule has 2 aliphatic heterocycles. The van der Waals surface area contributed by atoms with Crippen molar-refractivity contribution in [3.05, 3.63) is 17.0 Å². The van der Waals surface area contributed by atoms with Crippen LogP contribution in [-0.4, -0.2) is 52.6 Å². The number of aryl methyl sites for hydroxylation is 2. The van der Waals surface area contributed by atoms with E-state index in [1.54, 1.807) is 0 Å². The van der Waals surface area contributed by atoms with Crippen molar-refractivity contribution >= 4 is 5.91 Å². The van der Waals surface area contributed by atoms with Gasteiger partial charge in [-0.25, -0.2) is 0 Å². The molecule has 2 atom stereocenters. The third-order valence-corrected chi connectivity index (χ3v) is 6.25. The molecule has 1 aromatic heterocycles. The number of rotatable bonds is 4. The molecule has 2 saturated heterocycles. The van der Waals surface area contributed by atoms with E-state index in [4.69, 9.17) is 4.52 Å². The van der Waals surface area contributed by atoms with E-state index in [1.807, 2.05) is 13.8 Å². The van der Waals surface area contributed by atoms with E-state index in [9.17, 15) is 4.79 Å². The van der Waals surface area contributed by atoms with Crippen molar-refractivity contribution in [2.24, 2.45) is 5.92 Å². The maximum Gasteiger partial charge on any atom is 0.222 e. The lowest BCUT2D eigenvalue weighted by Crippen LogP contribution is -2.55. The molecule has 132 valence electrons. The van der Waals surface area contributed by atoms with E-state index in [0.29, 0.717) is 18.2 Å². The van der Waals surface area contributed by atoms with Crippen LogP contribution in [0.5, 0.6) is 0 Å². The molecule has 4 rings (SSSR count). The number of hydrogen-bond acceptors (Lipinski definition) is 4. The standard InChI is InChI=1S/C19H29N3O2/c1-13-17(14(2)24-20-13)7-8-19(23)21-11-9-18-15(12-21)4-3-10-22(18)16-5-6-16/h15-16,18H,3-12H2,1-2H3/t15-,18-/m0/s1. The Hall–Kier alpha value is -1.36. The van der Waals surface area contributed by atoms with Crippen LogP contribution in [0.15, 0.2) is 4.52 Å². The van der Waals surface area contributed by atoms with Gasteiger partial charge in [0.05, 0.1) is 5.69 Å². The van der Waals surface area contributed by atoms with Gasteiger partial charge in [-0.1, -0.05) is 5.16 Å². The van der Waals surface area contributed by atoms with Crippen LogP contribution in [0.1, 0.15) is 55.5 Å². The van der Waals surface area contributed by atoms with Crippen molar-refractivity contribution < 1.29 is 9.32 Å². The molecule has 0 bridgehead atoms. The molecule has 3 aliphatic rings. The molecule has 0 spiro atoms. The highest BCUT2D eigenvalue weighted by atomic mass is 16.5. The summed E-state index contributed by atoms with van der Waals surface area (Å²) >= 11 is 0. The predicted molar refractivity (Wildman–Crippen MR) is 91.7 cm³/mol. The normalized spacial score (nSPS) is 28.0. The maximum atomic E-state index is 12.7. The molecule has 1 aromatic rings. The molecule has 0 aromatic carbocycles. The summed E-state index contributed by atoms with van der Waals surface area (Å²) in [7, 11) is 0. The fourth-order valence-corrected chi connectivity index (χ4v) is 4.78. The lowest BCUT2D eigenvalue weighted by molar-refractivity contribution is -0.135. The Balaban J connectivity index is 1.33. The van der Waals surface area contributed by atoms with Gasteiger partial charge in [0, 0.05) is 37.2 Å². The number of nitrogens with zero attached hydrogens (tertiary/aromatic N) is 3. The zero-order chi connectivity index (χ0) is 16.7. The van der Waals surface area contributed by atoms with E-state index in [0.717, 1.165) is 55.0 Å². The summed E-state index contributed by atoms with van der Waals surface area (Å²) in [5.74, 6) is 1.85. The molecular weight excluding hydrogens is 302 g/mol. The van der Waals surface area contributed by atoms with E-state index < -0.39 is 0 Å². The smallest absolute Gasteiger partial charge is 0.222 e. The maximum absolute atomic E-state index is 12.7. The van der Waals surface area contributed by atoms with Crippen LogP contribution in [0.2, 0.25) is 0 Å². The Bertz CT molecular complexity index is 588. The van der Waals surface area contributed by atoms with Crippen LogP contribution >= 0.6 is 0 Å². The summed E-state index contributed by atoms with van der Waals surface area (Å²) in [6.45, 7) is 7.07. The largest absolute Gasteiger partial charge is 0.361 e. The average molecular weight is 331 g/mol. The van der Waals surface area contributed by atoms with Gasteiger partial charge in [-0.15, -0.1) is 0 Å². The topological polar surface area (TPSA) is 49.6 Å². The van der Waals surface area contributed by atoms with Crippen molar-refractivity contribution in [3.63, 3.8) is 0 Å². The van der Waals surface area contributed by atoms with Crippen molar-refractivity contribution in [1.82, 2.24) is 15.0 Å². The van der Waals surface area contributed by atoms with Gasteiger partial charge < -0.3 is 9.42 Å². The Morgan fingerprint density at radius 2 is 2.04 bits per heavy atom. The SMILES string of the molecule is Cc1noc(C)c1CCC(=O)N1CC[C@H]2[C@@H](CCCN2C2CC2)C1. The minimum absolute atomic E-state index is 0.303. The van der Waals surface area contributed by atoms with Crippen LogP contribution in [0.4, 0.5) is 0 Å². The van der Waals surface area contributed by atoms with Gasteiger partial charge in [0.25, 0.3) is 0 Å². The fraction of sp³-hybridized carbons (Fsp3) is 0.789. The quantitative estimate of drug-likeness (QED) is 0.851. The number of carbonyl (C=O) groups is 1. The highest BCUT2D eigenvalue weighted by Crippen LogP contribution is 2.38. The first-order valence-corrected chi connectivity index (χ1v) is 9.58. The van der Waals surface area contributed by atoms with Crippen molar-refractivity contribution in [3.8, 4) is 0 Å². The lowest BCUT2D eigenvalue weighted by Gasteiger charge is -2.47. The molecule has 5 heteroatoms. The molecule has 1 saturated carbocycles. The highest BCUT2D eigenvalue weighted by molar-refractivity contribution is 5.76. The van der Waals surface area contributed by atoms with Crippen molar-refractivity contribution in [2.75, 3.05) is 19.6 Å². The van der Waals surface area contributed by atoms with Gasteiger partial charge in [0.15, 0.2) is 0 Å². The Morgan fingerprint density at radius 1 is 1.21 bits per heavy atom. The molecule has 5 nitrogen and oxygen atoms in total. The zero-order valence-corrected chi connectivity index (χ0v) is 15.0. The minimum Gasteiger partial charge on any atom is -0.361 e. The van der Waals surface area contributed by atoms with E-state index in [-0.39, 0.29) is 0 Å². The number of fused-ring (bicyclic) bond motifs is 1. The Labute approximate surface area is 144 Å². The van der Waals surface area contributed by atoms with Gasteiger partial charge in [-0.05, 0) is 64.8 Å². The van der Waals surface area contributed by atoms with Gasteiger partial charge in [-0.2, -0.15) is 0 Å². The number of amides is 1. The van der Waals surface area contributed by atoms with Crippen molar-refractivity contribution in [1.29, 1.82) is 0 Å². The second-order valence-corrected chi connectivity index (χ2v) is 7.87. The van der Waals surface area contributed by atoms with E-state index in [1.165, 1.54) is 32.2 Å². The Kier molecular flexibility index (Phi) is 4.37. The van der Waals surface area contributed by atoms with Crippen LogP contribution in [0, 0.1) is 19.8 Å². The van der Waals surface area contributed by atoms with E-state index >= 15 is 0 Å². The van der Waals surface area contributed by atoms with E-state index in [2.05, 4.69) is 15.0 Å². The number of likely N-dealkylation sites (tertiary alicyclic amines) is 2. The average Bonchev–Trinajstić information content (AvgIpc) is 3.39. The predicted octanol–water partition coefficient (Wildman–Crippen LogP) is 2.70. The second-order valence-electron chi connectivity index (χ2n) is 7.87. The van der Waals surface area contributed by atoms with Gasteiger partial charge in [-0.3, -0.25) is 9.69 Å². The first-order valence-electron chi connectivity index (χ1n) is 9.58. The second kappa shape index (κ2) is 6.51. The summed E-state index contributed by atoms with van der Waals surface area (Å²) < 4.78 is 5.20. The summed E-state index contributed by atoms with van der Waals surface area (Å²) in [4.78, 5) is 17.6. The molecule has 0 N–H and O–H groups in total. The number of carbonyl (C=O) groups excluding carboxylic acids is 1.